The van der Waals surface area contributed by atoms with Crippen LogP contribution in [0.25, 0.3) is 0 Å². The Bertz CT molecular complexity index is 667. The van der Waals surface area contributed by atoms with Crippen LogP contribution in [-0.2, 0) is 10.0 Å². The number of nitrogen functional groups attached to an aromatic ring is 1. The molecule has 0 aliphatic carbocycles. The van der Waals surface area contributed by atoms with Crippen molar-refractivity contribution in [1.29, 1.82) is 0 Å². The Morgan fingerprint density at radius 2 is 2.15 bits per heavy atom. The van der Waals surface area contributed by atoms with Crippen LogP contribution >= 0.6 is 23.1 Å². The zero-order chi connectivity index (χ0) is 14.6. The third-order valence-electron chi connectivity index (χ3n) is 2.50. The van der Waals surface area contributed by atoms with E-state index in [1.165, 1.54) is 11.3 Å². The average Bonchev–Trinajstić information content (AvgIpc) is 2.94. The second kappa shape index (κ2) is 6.51. The van der Waals surface area contributed by atoms with Crippen LogP contribution in [0.15, 0.2) is 44.8 Å². The van der Waals surface area contributed by atoms with Gasteiger partial charge in [-0.3, -0.25) is 4.72 Å². The van der Waals surface area contributed by atoms with E-state index >= 15 is 0 Å². The molecule has 0 fully saturated rings. The van der Waals surface area contributed by atoms with Gasteiger partial charge >= 0.3 is 0 Å². The van der Waals surface area contributed by atoms with Gasteiger partial charge in [0.05, 0.1) is 11.4 Å². The number of anilines is 2. The van der Waals surface area contributed by atoms with Crippen molar-refractivity contribution in [3.8, 4) is 0 Å². The molecule has 0 saturated carbocycles. The Labute approximate surface area is 127 Å². The van der Waals surface area contributed by atoms with E-state index in [0.717, 1.165) is 17.1 Å². The summed E-state index contributed by atoms with van der Waals surface area (Å²) in [4.78, 5) is 1.00. The lowest BCUT2D eigenvalue weighted by Gasteiger charge is -2.10. The molecule has 0 aliphatic heterocycles. The molecule has 0 aliphatic rings. The maximum atomic E-state index is 12.2. The van der Waals surface area contributed by atoms with Crippen molar-refractivity contribution < 1.29 is 8.42 Å². The second-order valence-corrected chi connectivity index (χ2v) is 8.16. The van der Waals surface area contributed by atoms with Gasteiger partial charge in [-0.2, -0.15) is 0 Å². The Morgan fingerprint density at radius 1 is 1.35 bits per heavy atom. The molecule has 1 aromatic carbocycles. The topological polar surface area (TPSA) is 72.2 Å². The van der Waals surface area contributed by atoms with Crippen molar-refractivity contribution in [2.75, 3.05) is 16.2 Å². The first-order valence-corrected chi connectivity index (χ1v) is 9.46. The van der Waals surface area contributed by atoms with Crippen molar-refractivity contribution in [1.82, 2.24) is 0 Å². The van der Waals surface area contributed by atoms with Gasteiger partial charge in [-0.25, -0.2) is 8.42 Å². The van der Waals surface area contributed by atoms with Crippen molar-refractivity contribution in [3.05, 3.63) is 35.7 Å². The van der Waals surface area contributed by atoms with E-state index in [4.69, 9.17) is 5.73 Å². The minimum Gasteiger partial charge on any atom is -0.397 e. The summed E-state index contributed by atoms with van der Waals surface area (Å²) < 4.78 is 27.2. The summed E-state index contributed by atoms with van der Waals surface area (Å²) in [5, 5.41) is 1.73. The van der Waals surface area contributed by atoms with Crippen molar-refractivity contribution in [3.63, 3.8) is 0 Å². The fourth-order valence-corrected chi connectivity index (χ4v) is 4.42. The molecular weight excluding hydrogens is 312 g/mol. The molecule has 7 heteroatoms. The van der Waals surface area contributed by atoms with Crippen LogP contribution in [0.4, 0.5) is 11.4 Å². The number of nitrogens with one attached hydrogen (secondary N) is 1. The standard InChI is InChI=1S/C13H16N2O2S3/c1-2-7-18-10-5-6-11(14)12(9-10)15-20(16,17)13-4-3-8-19-13/h3-6,8-9,15H,2,7,14H2,1H3. The van der Waals surface area contributed by atoms with Crippen LogP contribution in [0.1, 0.15) is 13.3 Å². The van der Waals surface area contributed by atoms with Crippen molar-refractivity contribution in [2.45, 2.75) is 22.4 Å². The number of nitrogens with two attached hydrogens (primary N) is 1. The minimum atomic E-state index is -3.55. The number of thioether (sulfide) groups is 1. The molecule has 0 radical (unpaired) electrons. The molecule has 0 atom stereocenters. The molecule has 0 unspecified atom stereocenters. The van der Waals surface area contributed by atoms with E-state index in [9.17, 15) is 8.42 Å². The first-order valence-electron chi connectivity index (χ1n) is 6.11. The molecule has 3 N–H and O–H groups in total. The molecule has 0 amide bonds. The normalized spacial score (nSPS) is 11.4. The summed E-state index contributed by atoms with van der Waals surface area (Å²) in [5.41, 5.74) is 6.70. The van der Waals surface area contributed by atoms with Crippen LogP contribution in [0, 0.1) is 0 Å². The van der Waals surface area contributed by atoms with E-state index in [2.05, 4.69) is 11.6 Å². The number of sulfonamides is 1. The molecule has 4 nitrogen and oxygen atoms in total. The molecule has 1 heterocycles. The smallest absolute Gasteiger partial charge is 0.271 e. The molecular formula is C13H16N2O2S3. The molecule has 2 aromatic rings. The summed E-state index contributed by atoms with van der Waals surface area (Å²) in [6.45, 7) is 2.10. The van der Waals surface area contributed by atoms with E-state index in [1.54, 1.807) is 41.4 Å². The first-order chi connectivity index (χ1) is 9.53. The third kappa shape index (κ3) is 3.68. The summed E-state index contributed by atoms with van der Waals surface area (Å²) in [6.07, 6.45) is 1.06. The summed E-state index contributed by atoms with van der Waals surface area (Å²) in [5.74, 6) is 0.987. The zero-order valence-electron chi connectivity index (χ0n) is 11.0. The van der Waals surface area contributed by atoms with Crippen LogP contribution < -0.4 is 10.5 Å². The average molecular weight is 328 g/mol. The molecule has 20 heavy (non-hydrogen) atoms. The van der Waals surface area contributed by atoms with E-state index < -0.39 is 10.0 Å². The Hall–Kier alpha value is -1.18. The first kappa shape index (κ1) is 15.2. The van der Waals surface area contributed by atoms with Gasteiger partial charge in [-0.05, 0) is 41.8 Å². The maximum Gasteiger partial charge on any atom is 0.271 e. The molecule has 1 aromatic heterocycles. The maximum absolute atomic E-state index is 12.2. The minimum absolute atomic E-state index is 0.281. The highest BCUT2D eigenvalue weighted by atomic mass is 32.2. The predicted octanol–water partition coefficient (Wildman–Crippen LogP) is 3.63. The van der Waals surface area contributed by atoms with Gasteiger partial charge in [0.2, 0.25) is 0 Å². The molecule has 0 bridgehead atoms. The summed E-state index contributed by atoms with van der Waals surface area (Å²) >= 11 is 2.86. The van der Waals surface area contributed by atoms with E-state index in [1.807, 2.05) is 6.07 Å². The van der Waals surface area contributed by atoms with Crippen LogP contribution in [0.3, 0.4) is 0 Å². The lowest BCUT2D eigenvalue weighted by Crippen LogP contribution is -2.12. The van der Waals surface area contributed by atoms with Gasteiger partial charge in [0, 0.05) is 4.90 Å². The molecule has 2 rings (SSSR count). The molecule has 0 spiro atoms. The van der Waals surface area contributed by atoms with E-state index in [-0.39, 0.29) is 4.21 Å². The highest BCUT2D eigenvalue weighted by molar-refractivity contribution is 7.99. The number of hydrogen-bond donors (Lipinski definition) is 2. The fraction of sp³-hybridized carbons (Fsp3) is 0.231. The molecule has 0 saturated heterocycles. The lowest BCUT2D eigenvalue weighted by molar-refractivity contribution is 0.603. The third-order valence-corrected chi connectivity index (χ3v) is 6.46. The molecule has 108 valence electrons. The van der Waals surface area contributed by atoms with Gasteiger partial charge in [-0.15, -0.1) is 23.1 Å². The lowest BCUT2D eigenvalue weighted by atomic mass is 10.3. The van der Waals surface area contributed by atoms with Gasteiger partial charge in [0.1, 0.15) is 4.21 Å². The largest absolute Gasteiger partial charge is 0.397 e. The quantitative estimate of drug-likeness (QED) is 0.627. The number of hydrogen-bond acceptors (Lipinski definition) is 5. The van der Waals surface area contributed by atoms with Gasteiger partial charge in [0.25, 0.3) is 10.0 Å². The predicted molar refractivity (Wildman–Crippen MR) is 87.0 cm³/mol. The van der Waals surface area contributed by atoms with Crippen LogP contribution in [0.2, 0.25) is 0 Å². The Balaban J connectivity index is 2.24. The van der Waals surface area contributed by atoms with Crippen LogP contribution in [-0.4, -0.2) is 14.2 Å². The van der Waals surface area contributed by atoms with Crippen LogP contribution in [0.5, 0.6) is 0 Å². The number of rotatable bonds is 6. The van der Waals surface area contributed by atoms with Crippen molar-refractivity contribution in [2.24, 2.45) is 0 Å². The zero-order valence-corrected chi connectivity index (χ0v) is 13.4. The highest BCUT2D eigenvalue weighted by Gasteiger charge is 2.16. The SMILES string of the molecule is CCCSc1ccc(N)c(NS(=O)(=O)c2cccs2)c1. The monoisotopic (exact) mass is 328 g/mol. The van der Waals surface area contributed by atoms with Gasteiger partial charge in [0.15, 0.2) is 0 Å². The van der Waals surface area contributed by atoms with Gasteiger partial charge in [-0.1, -0.05) is 13.0 Å². The van der Waals surface area contributed by atoms with Crippen molar-refractivity contribution >= 4 is 44.5 Å². The van der Waals surface area contributed by atoms with Gasteiger partial charge < -0.3 is 5.73 Å². The fourth-order valence-electron chi connectivity index (χ4n) is 1.54. The number of benzene rings is 1. The van der Waals surface area contributed by atoms with E-state index in [0.29, 0.717) is 11.4 Å². The Kier molecular flexibility index (Phi) is 4.95. The summed E-state index contributed by atoms with van der Waals surface area (Å²) in [6, 6.07) is 8.68. The summed E-state index contributed by atoms with van der Waals surface area (Å²) in [7, 11) is -3.55. The Morgan fingerprint density at radius 3 is 2.80 bits per heavy atom. The highest BCUT2D eigenvalue weighted by Crippen LogP contribution is 2.29. The number of thiophene rings is 1. The second-order valence-electron chi connectivity index (χ2n) is 4.14.